The molecule has 19 heavy (non-hydrogen) atoms. The summed E-state index contributed by atoms with van der Waals surface area (Å²) in [6, 6.07) is 0.00191. The predicted octanol–water partition coefficient (Wildman–Crippen LogP) is 1.20. The summed E-state index contributed by atoms with van der Waals surface area (Å²) in [4.78, 5) is 12.4. The molecular weight excluding hydrogens is 264 g/mol. The first-order valence-electron chi connectivity index (χ1n) is 7.41. The second kappa shape index (κ2) is 5.98. The van der Waals surface area contributed by atoms with Crippen molar-refractivity contribution in [2.45, 2.75) is 63.1 Å². The van der Waals surface area contributed by atoms with E-state index in [4.69, 9.17) is 5.73 Å². The van der Waals surface area contributed by atoms with Gasteiger partial charge in [-0.05, 0) is 43.9 Å². The third kappa shape index (κ3) is 2.76. The number of hydrogen-bond acceptors (Lipinski definition) is 3. The van der Waals surface area contributed by atoms with Crippen molar-refractivity contribution < 1.29 is 9.90 Å². The van der Waals surface area contributed by atoms with E-state index < -0.39 is 0 Å². The molecule has 5 heteroatoms. The zero-order valence-electron chi connectivity index (χ0n) is 11.3. The molecule has 1 amide bonds. The van der Waals surface area contributed by atoms with Crippen LogP contribution in [0, 0.1) is 17.8 Å². The van der Waals surface area contributed by atoms with Crippen LogP contribution in [-0.2, 0) is 4.79 Å². The first-order chi connectivity index (χ1) is 8.66. The second-order valence-electron chi connectivity index (χ2n) is 6.40. The molecule has 0 heterocycles. The van der Waals surface area contributed by atoms with Crippen LogP contribution in [0.15, 0.2) is 0 Å². The summed E-state index contributed by atoms with van der Waals surface area (Å²) < 4.78 is 0. The number of aliphatic hydroxyl groups is 1. The van der Waals surface area contributed by atoms with E-state index in [1.165, 1.54) is 6.42 Å². The standard InChI is InChI=1S/C14H24N2O2.ClH/c15-13-9-6-5-8(7-9)12(13)14(18)16-10-3-1-2-4-11(10)17;/h8-13,17H,1-7,15H2,(H,16,18);1H/t8?,9?,10-,11-,12?,13?;/m1./s1. The van der Waals surface area contributed by atoms with E-state index in [1.54, 1.807) is 0 Å². The van der Waals surface area contributed by atoms with Crippen molar-refractivity contribution in [1.82, 2.24) is 5.32 Å². The lowest BCUT2D eigenvalue weighted by Crippen LogP contribution is -2.51. The number of rotatable bonds is 2. The zero-order chi connectivity index (χ0) is 12.7. The van der Waals surface area contributed by atoms with Gasteiger partial charge in [-0.1, -0.05) is 12.8 Å². The van der Waals surface area contributed by atoms with Crippen LogP contribution in [0.3, 0.4) is 0 Å². The minimum Gasteiger partial charge on any atom is -0.391 e. The van der Waals surface area contributed by atoms with E-state index in [9.17, 15) is 9.90 Å². The van der Waals surface area contributed by atoms with Crippen molar-refractivity contribution in [3.05, 3.63) is 0 Å². The molecule has 6 atom stereocenters. The van der Waals surface area contributed by atoms with Gasteiger partial charge in [-0.25, -0.2) is 0 Å². The second-order valence-corrected chi connectivity index (χ2v) is 6.40. The molecular formula is C14H25ClN2O2. The highest BCUT2D eigenvalue weighted by Crippen LogP contribution is 2.47. The normalized spacial score (nSPS) is 44.7. The monoisotopic (exact) mass is 288 g/mol. The van der Waals surface area contributed by atoms with Crippen molar-refractivity contribution in [3.63, 3.8) is 0 Å². The van der Waals surface area contributed by atoms with Gasteiger partial charge >= 0.3 is 0 Å². The van der Waals surface area contributed by atoms with Gasteiger partial charge in [0.25, 0.3) is 0 Å². The number of hydrogen-bond donors (Lipinski definition) is 3. The molecule has 3 rings (SSSR count). The van der Waals surface area contributed by atoms with Crippen molar-refractivity contribution in [3.8, 4) is 0 Å². The molecule has 0 saturated heterocycles. The smallest absolute Gasteiger partial charge is 0.225 e. The molecule has 3 aliphatic rings. The van der Waals surface area contributed by atoms with Crippen LogP contribution in [0.4, 0.5) is 0 Å². The number of fused-ring (bicyclic) bond motifs is 2. The molecule has 4 unspecified atom stereocenters. The number of amides is 1. The van der Waals surface area contributed by atoms with Gasteiger partial charge in [0.15, 0.2) is 0 Å². The van der Waals surface area contributed by atoms with Crippen molar-refractivity contribution in [1.29, 1.82) is 0 Å². The molecule has 3 aliphatic carbocycles. The third-order valence-corrected chi connectivity index (χ3v) is 5.34. The lowest BCUT2D eigenvalue weighted by Gasteiger charge is -2.32. The van der Waals surface area contributed by atoms with Crippen LogP contribution in [0.5, 0.6) is 0 Å². The van der Waals surface area contributed by atoms with Gasteiger partial charge < -0.3 is 16.2 Å². The topological polar surface area (TPSA) is 75.4 Å². The Morgan fingerprint density at radius 1 is 1.11 bits per heavy atom. The predicted molar refractivity (Wildman–Crippen MR) is 75.9 cm³/mol. The Morgan fingerprint density at radius 3 is 2.42 bits per heavy atom. The average Bonchev–Trinajstić information content (AvgIpc) is 2.92. The maximum atomic E-state index is 12.4. The Balaban J connectivity index is 0.00000133. The Morgan fingerprint density at radius 2 is 1.79 bits per heavy atom. The molecule has 110 valence electrons. The molecule has 4 nitrogen and oxygen atoms in total. The molecule has 0 aromatic rings. The molecule has 4 N–H and O–H groups in total. The van der Waals surface area contributed by atoms with E-state index in [0.29, 0.717) is 11.8 Å². The van der Waals surface area contributed by atoms with Crippen molar-refractivity contribution in [2.75, 3.05) is 0 Å². The lowest BCUT2D eigenvalue weighted by atomic mass is 9.83. The van der Waals surface area contributed by atoms with Gasteiger partial charge in [-0.3, -0.25) is 4.79 Å². The summed E-state index contributed by atoms with van der Waals surface area (Å²) >= 11 is 0. The minimum absolute atomic E-state index is 0. The maximum absolute atomic E-state index is 12.4. The van der Waals surface area contributed by atoms with Crippen molar-refractivity contribution >= 4 is 18.3 Å². The SMILES string of the molecule is Cl.NC1C2CCC(C2)C1C(=O)N[C@@H]1CCCC[C@H]1O. The van der Waals surface area contributed by atoms with Gasteiger partial charge in [-0.15, -0.1) is 12.4 Å². The molecule has 3 saturated carbocycles. The van der Waals surface area contributed by atoms with E-state index in [-0.39, 0.29) is 42.4 Å². The first-order valence-corrected chi connectivity index (χ1v) is 7.41. The van der Waals surface area contributed by atoms with Gasteiger partial charge in [0.2, 0.25) is 5.91 Å². The average molecular weight is 289 g/mol. The molecule has 0 spiro atoms. The summed E-state index contributed by atoms with van der Waals surface area (Å²) in [6.45, 7) is 0. The molecule has 0 radical (unpaired) electrons. The summed E-state index contributed by atoms with van der Waals surface area (Å²) in [6.07, 6.45) is 7.01. The number of carbonyl (C=O) groups excluding carboxylic acids is 1. The minimum atomic E-state index is -0.363. The Bertz CT molecular complexity index is 337. The summed E-state index contributed by atoms with van der Waals surface area (Å²) in [5, 5.41) is 13.0. The summed E-state index contributed by atoms with van der Waals surface area (Å²) in [7, 11) is 0. The fourth-order valence-corrected chi connectivity index (χ4v) is 4.28. The highest BCUT2D eigenvalue weighted by Gasteiger charge is 2.49. The Kier molecular flexibility index (Phi) is 4.75. The quantitative estimate of drug-likeness (QED) is 0.715. The third-order valence-electron chi connectivity index (χ3n) is 5.34. The fraction of sp³-hybridized carbons (Fsp3) is 0.929. The molecule has 3 fully saturated rings. The highest BCUT2D eigenvalue weighted by molar-refractivity contribution is 5.85. The number of nitrogens with one attached hydrogen (secondary N) is 1. The number of halogens is 1. The van der Waals surface area contributed by atoms with Gasteiger partial charge in [0.1, 0.15) is 0 Å². The van der Waals surface area contributed by atoms with E-state index in [0.717, 1.165) is 38.5 Å². The zero-order valence-corrected chi connectivity index (χ0v) is 12.1. The van der Waals surface area contributed by atoms with Gasteiger partial charge in [0, 0.05) is 6.04 Å². The van der Waals surface area contributed by atoms with Gasteiger partial charge in [-0.2, -0.15) is 0 Å². The summed E-state index contributed by atoms with van der Waals surface area (Å²) in [5.41, 5.74) is 6.18. The Labute approximate surface area is 120 Å². The summed E-state index contributed by atoms with van der Waals surface area (Å²) in [5.74, 6) is 1.14. The number of carbonyl (C=O) groups is 1. The van der Waals surface area contributed by atoms with Crippen LogP contribution in [0.2, 0.25) is 0 Å². The molecule has 0 aromatic carbocycles. The van der Waals surface area contributed by atoms with E-state index in [2.05, 4.69) is 5.32 Å². The number of aliphatic hydroxyl groups excluding tert-OH is 1. The molecule has 0 aromatic heterocycles. The lowest BCUT2D eigenvalue weighted by molar-refractivity contribution is -0.129. The van der Waals surface area contributed by atoms with E-state index >= 15 is 0 Å². The molecule has 2 bridgehead atoms. The molecule has 0 aliphatic heterocycles. The maximum Gasteiger partial charge on any atom is 0.225 e. The first kappa shape index (κ1) is 15.1. The number of nitrogens with two attached hydrogens (primary N) is 1. The van der Waals surface area contributed by atoms with Crippen LogP contribution < -0.4 is 11.1 Å². The van der Waals surface area contributed by atoms with Crippen LogP contribution >= 0.6 is 12.4 Å². The van der Waals surface area contributed by atoms with Gasteiger partial charge in [0.05, 0.1) is 18.1 Å². The van der Waals surface area contributed by atoms with E-state index in [1.807, 2.05) is 0 Å². The largest absolute Gasteiger partial charge is 0.391 e. The fourth-order valence-electron chi connectivity index (χ4n) is 4.28. The van der Waals surface area contributed by atoms with Crippen LogP contribution in [0.25, 0.3) is 0 Å². The highest BCUT2D eigenvalue weighted by atomic mass is 35.5. The van der Waals surface area contributed by atoms with Crippen molar-refractivity contribution in [2.24, 2.45) is 23.5 Å². The Hall–Kier alpha value is -0.320. The van der Waals surface area contributed by atoms with Crippen LogP contribution in [0.1, 0.15) is 44.9 Å². The van der Waals surface area contributed by atoms with Crippen LogP contribution in [-0.4, -0.2) is 29.2 Å².